The molecule has 0 atom stereocenters. The molecule has 0 fully saturated rings. The summed E-state index contributed by atoms with van der Waals surface area (Å²) in [6.45, 7) is 1.85. The summed E-state index contributed by atoms with van der Waals surface area (Å²) in [6, 6.07) is 9.50. The van der Waals surface area contributed by atoms with Crippen molar-refractivity contribution in [2.75, 3.05) is 0 Å². The van der Waals surface area contributed by atoms with E-state index in [0.29, 0.717) is 15.8 Å². The van der Waals surface area contributed by atoms with Crippen molar-refractivity contribution >= 4 is 29.0 Å². The number of oxazole rings is 1. The molecule has 0 unspecified atom stereocenters. The lowest BCUT2D eigenvalue weighted by atomic mass is 10.2. The van der Waals surface area contributed by atoms with E-state index in [2.05, 4.69) is 9.97 Å². The summed E-state index contributed by atoms with van der Waals surface area (Å²) in [5.74, 6) is 0. The maximum Gasteiger partial charge on any atom is 0.262 e. The van der Waals surface area contributed by atoms with Gasteiger partial charge in [0.1, 0.15) is 11.3 Å². The Bertz CT molecular complexity index is 752. The van der Waals surface area contributed by atoms with Gasteiger partial charge < -0.3 is 4.42 Å². The fraction of sp³-hybridized carbons (Fsp3) is 0.0714. The van der Waals surface area contributed by atoms with E-state index in [9.17, 15) is 4.79 Å². The zero-order chi connectivity index (χ0) is 13.2. The van der Waals surface area contributed by atoms with E-state index in [1.54, 1.807) is 6.26 Å². The Hall–Kier alpha value is -2.14. The van der Waals surface area contributed by atoms with Crippen LogP contribution in [0.25, 0.3) is 10.9 Å². The molecule has 3 aromatic rings. The van der Waals surface area contributed by atoms with Crippen LogP contribution in [0.2, 0.25) is 0 Å². The third-order valence-corrected chi connectivity index (χ3v) is 3.51. The largest absolute Gasteiger partial charge is 0.439 e. The van der Waals surface area contributed by atoms with Crippen molar-refractivity contribution in [2.24, 2.45) is 0 Å². The van der Waals surface area contributed by atoms with Gasteiger partial charge in [-0.1, -0.05) is 18.2 Å². The molecule has 0 saturated carbocycles. The molecule has 0 aliphatic rings. The smallest absolute Gasteiger partial charge is 0.262 e. The molecule has 2 heterocycles. The molecule has 0 aliphatic carbocycles. The number of fused-ring (bicyclic) bond motifs is 1. The minimum atomic E-state index is 0.489. The van der Waals surface area contributed by atoms with E-state index in [4.69, 9.17) is 4.42 Å². The second-order valence-corrected chi connectivity index (χ2v) is 4.99. The Morgan fingerprint density at radius 1 is 1.26 bits per heavy atom. The molecule has 5 heteroatoms. The first kappa shape index (κ1) is 11.9. The predicted octanol–water partition coefficient (Wildman–Crippen LogP) is 3.49. The number of aldehydes is 1. The van der Waals surface area contributed by atoms with Gasteiger partial charge in [0.15, 0.2) is 6.29 Å². The van der Waals surface area contributed by atoms with E-state index >= 15 is 0 Å². The molecule has 0 amide bonds. The van der Waals surface area contributed by atoms with E-state index < -0.39 is 0 Å². The van der Waals surface area contributed by atoms with Crippen molar-refractivity contribution in [3.05, 3.63) is 47.9 Å². The van der Waals surface area contributed by atoms with E-state index in [-0.39, 0.29) is 0 Å². The molecular weight excluding hydrogens is 260 g/mol. The quantitative estimate of drug-likeness (QED) is 0.682. The number of benzene rings is 1. The van der Waals surface area contributed by atoms with Crippen molar-refractivity contribution < 1.29 is 9.21 Å². The van der Waals surface area contributed by atoms with Crippen LogP contribution in [0.15, 0.2) is 51.3 Å². The summed E-state index contributed by atoms with van der Waals surface area (Å²) < 4.78 is 5.28. The minimum Gasteiger partial charge on any atom is -0.439 e. The second-order valence-electron chi connectivity index (χ2n) is 4.05. The number of para-hydroxylation sites is 1. The molecule has 94 valence electrons. The van der Waals surface area contributed by atoms with Crippen molar-refractivity contribution in [3.8, 4) is 0 Å². The van der Waals surface area contributed by atoms with E-state index in [0.717, 1.165) is 22.9 Å². The van der Waals surface area contributed by atoms with Crippen LogP contribution in [-0.2, 0) is 0 Å². The maximum absolute atomic E-state index is 11.2. The van der Waals surface area contributed by atoms with Gasteiger partial charge in [-0.3, -0.25) is 4.79 Å². The van der Waals surface area contributed by atoms with Gasteiger partial charge in [0, 0.05) is 10.9 Å². The molecule has 1 aromatic carbocycles. The van der Waals surface area contributed by atoms with Crippen LogP contribution in [0.5, 0.6) is 0 Å². The number of rotatable bonds is 3. The van der Waals surface area contributed by atoms with Gasteiger partial charge in [-0.15, -0.1) is 0 Å². The van der Waals surface area contributed by atoms with Crippen LogP contribution in [0, 0.1) is 6.92 Å². The van der Waals surface area contributed by atoms with Crippen LogP contribution in [0.3, 0.4) is 0 Å². The number of carbonyl (C=O) groups is 1. The highest BCUT2D eigenvalue weighted by Gasteiger charge is 2.11. The molecule has 0 spiro atoms. The van der Waals surface area contributed by atoms with Crippen LogP contribution in [-0.4, -0.2) is 16.3 Å². The first-order valence-electron chi connectivity index (χ1n) is 5.71. The number of pyridine rings is 1. The van der Waals surface area contributed by atoms with Crippen molar-refractivity contribution in [1.82, 2.24) is 9.97 Å². The van der Waals surface area contributed by atoms with Crippen LogP contribution in [0.1, 0.15) is 16.1 Å². The zero-order valence-corrected chi connectivity index (χ0v) is 11.0. The fourth-order valence-electron chi connectivity index (χ4n) is 1.74. The van der Waals surface area contributed by atoms with Crippen molar-refractivity contribution in [3.63, 3.8) is 0 Å². The molecular formula is C14H10N2O2S. The maximum atomic E-state index is 11.2. The van der Waals surface area contributed by atoms with Crippen LogP contribution < -0.4 is 0 Å². The standard InChI is InChI=1S/C14H10N2O2S/c1-9-8-18-14(15-9)19-13-11(7-17)6-10-4-2-3-5-12(10)16-13/h2-8H,1H3. The third kappa shape index (κ3) is 2.37. The Morgan fingerprint density at radius 2 is 2.11 bits per heavy atom. The van der Waals surface area contributed by atoms with Crippen LogP contribution in [0.4, 0.5) is 0 Å². The molecule has 4 nitrogen and oxygen atoms in total. The van der Waals surface area contributed by atoms with E-state index in [1.165, 1.54) is 11.8 Å². The highest BCUT2D eigenvalue weighted by molar-refractivity contribution is 7.99. The fourth-order valence-corrected chi connectivity index (χ4v) is 2.56. The first-order chi connectivity index (χ1) is 9.26. The van der Waals surface area contributed by atoms with Crippen molar-refractivity contribution in [2.45, 2.75) is 17.2 Å². The Morgan fingerprint density at radius 3 is 2.84 bits per heavy atom. The summed E-state index contributed by atoms with van der Waals surface area (Å²) >= 11 is 1.25. The Labute approximate surface area is 113 Å². The predicted molar refractivity (Wildman–Crippen MR) is 72.5 cm³/mol. The van der Waals surface area contributed by atoms with Gasteiger partial charge >= 0.3 is 0 Å². The lowest BCUT2D eigenvalue weighted by Gasteiger charge is -2.03. The average molecular weight is 270 g/mol. The zero-order valence-electron chi connectivity index (χ0n) is 10.2. The molecule has 2 aromatic heterocycles. The highest BCUT2D eigenvalue weighted by Crippen LogP contribution is 2.29. The monoisotopic (exact) mass is 270 g/mol. The minimum absolute atomic E-state index is 0.489. The number of carbonyl (C=O) groups excluding carboxylic acids is 1. The normalized spacial score (nSPS) is 10.8. The van der Waals surface area contributed by atoms with Gasteiger partial charge in [0.25, 0.3) is 5.22 Å². The molecule has 19 heavy (non-hydrogen) atoms. The molecule has 0 saturated heterocycles. The summed E-state index contributed by atoms with van der Waals surface area (Å²) in [5, 5.41) is 2.04. The molecule has 3 rings (SSSR count). The van der Waals surface area contributed by atoms with Gasteiger partial charge in [0.05, 0.1) is 11.2 Å². The first-order valence-corrected chi connectivity index (χ1v) is 6.53. The SMILES string of the molecule is Cc1coc(Sc2nc3ccccc3cc2C=O)n1. The summed E-state index contributed by atoms with van der Waals surface area (Å²) in [7, 11) is 0. The summed E-state index contributed by atoms with van der Waals surface area (Å²) in [5.41, 5.74) is 2.19. The lowest BCUT2D eigenvalue weighted by Crippen LogP contribution is -1.91. The second kappa shape index (κ2) is 4.85. The summed E-state index contributed by atoms with van der Waals surface area (Å²) in [6.07, 6.45) is 2.38. The Balaban J connectivity index is 2.08. The van der Waals surface area contributed by atoms with Gasteiger partial charge in [-0.25, -0.2) is 9.97 Å². The lowest BCUT2D eigenvalue weighted by molar-refractivity contribution is 0.112. The average Bonchev–Trinajstić information content (AvgIpc) is 2.83. The molecule has 0 bridgehead atoms. The van der Waals surface area contributed by atoms with Gasteiger partial charge in [0.2, 0.25) is 0 Å². The topological polar surface area (TPSA) is 56.0 Å². The summed E-state index contributed by atoms with van der Waals surface area (Å²) in [4.78, 5) is 19.8. The number of hydrogen-bond acceptors (Lipinski definition) is 5. The van der Waals surface area contributed by atoms with Gasteiger partial charge in [-0.05, 0) is 30.8 Å². The number of hydrogen-bond donors (Lipinski definition) is 0. The number of nitrogens with zero attached hydrogens (tertiary/aromatic N) is 2. The van der Waals surface area contributed by atoms with E-state index in [1.807, 2.05) is 37.3 Å². The molecule has 0 aliphatic heterocycles. The van der Waals surface area contributed by atoms with Gasteiger partial charge in [-0.2, -0.15) is 0 Å². The third-order valence-electron chi connectivity index (χ3n) is 2.63. The number of aromatic nitrogens is 2. The molecule has 0 N–H and O–H groups in total. The Kier molecular flexibility index (Phi) is 3.05. The van der Waals surface area contributed by atoms with Crippen molar-refractivity contribution in [1.29, 1.82) is 0 Å². The van der Waals surface area contributed by atoms with Crippen LogP contribution >= 0.6 is 11.8 Å². The highest BCUT2D eigenvalue weighted by atomic mass is 32.2. The molecule has 0 radical (unpaired) electrons. The number of aryl methyl sites for hydroxylation is 1.